The largest absolute Gasteiger partial charge is 0.421 e. The maximum Gasteiger partial charge on any atom is 0.346 e. The van der Waals surface area contributed by atoms with Crippen molar-refractivity contribution in [3.8, 4) is 5.75 Å². The van der Waals surface area contributed by atoms with Crippen molar-refractivity contribution in [2.24, 2.45) is 35.5 Å². The van der Waals surface area contributed by atoms with Crippen LogP contribution in [0.25, 0.3) is 0 Å². The van der Waals surface area contributed by atoms with Gasteiger partial charge in [0, 0.05) is 0 Å². The second-order valence-corrected chi connectivity index (χ2v) is 8.50. The molecule has 1 saturated heterocycles. The molecule has 2 saturated carbocycles. The molecule has 5 aliphatic rings. The molecular weight excluding hydrogens is 385 g/mol. The summed E-state index contributed by atoms with van der Waals surface area (Å²) in [4.78, 5) is 40.4. The molecule has 150 valence electrons. The smallest absolute Gasteiger partial charge is 0.346 e. The van der Waals surface area contributed by atoms with Crippen LogP contribution in [0.1, 0.15) is 16.8 Å². The first-order valence-electron chi connectivity index (χ1n) is 10.2. The van der Waals surface area contributed by atoms with Crippen LogP contribution in [-0.2, 0) is 9.59 Å². The van der Waals surface area contributed by atoms with Crippen LogP contribution < -0.4 is 9.64 Å². The monoisotopic (exact) mass is 403 g/mol. The summed E-state index contributed by atoms with van der Waals surface area (Å²) in [7, 11) is 0. The molecule has 2 aromatic carbocycles. The highest BCUT2D eigenvalue weighted by Gasteiger charge is 2.67. The molecule has 1 aliphatic heterocycles. The van der Waals surface area contributed by atoms with Crippen molar-refractivity contribution in [1.82, 2.24) is 0 Å². The van der Waals surface area contributed by atoms with Crippen LogP contribution in [0.4, 0.5) is 10.1 Å². The molecule has 2 amide bonds. The Morgan fingerprint density at radius 1 is 0.900 bits per heavy atom. The number of anilines is 1. The fraction of sp³-hybridized carbons (Fsp3) is 0.292. The number of hydrogen-bond donors (Lipinski definition) is 0. The lowest BCUT2D eigenvalue weighted by molar-refractivity contribution is -0.124. The summed E-state index contributed by atoms with van der Waals surface area (Å²) < 4.78 is 19.4. The molecule has 5 nitrogen and oxygen atoms in total. The van der Waals surface area contributed by atoms with Gasteiger partial charge in [-0.05, 0) is 54.4 Å². The molecule has 7 rings (SSSR count). The summed E-state index contributed by atoms with van der Waals surface area (Å²) in [5.41, 5.74) is 0.0297. The molecule has 2 bridgehead atoms. The molecule has 6 atom stereocenters. The van der Waals surface area contributed by atoms with E-state index >= 15 is 0 Å². The van der Waals surface area contributed by atoms with Gasteiger partial charge in [-0.1, -0.05) is 36.4 Å². The Morgan fingerprint density at radius 3 is 2.17 bits per heavy atom. The van der Waals surface area contributed by atoms with E-state index in [0.29, 0.717) is 11.8 Å². The number of benzene rings is 2. The van der Waals surface area contributed by atoms with Crippen molar-refractivity contribution < 1.29 is 23.5 Å². The summed E-state index contributed by atoms with van der Waals surface area (Å²) in [6, 6.07) is 12.0. The zero-order valence-corrected chi connectivity index (χ0v) is 15.9. The van der Waals surface area contributed by atoms with Crippen molar-refractivity contribution >= 4 is 23.5 Å². The number of esters is 1. The van der Waals surface area contributed by atoms with Crippen LogP contribution in [0.15, 0.2) is 60.7 Å². The van der Waals surface area contributed by atoms with Gasteiger partial charge in [-0.25, -0.2) is 14.1 Å². The highest BCUT2D eigenvalue weighted by Crippen LogP contribution is 2.65. The van der Waals surface area contributed by atoms with Crippen LogP contribution in [0, 0.1) is 41.3 Å². The normalized spacial score (nSPS) is 32.8. The van der Waals surface area contributed by atoms with Gasteiger partial charge >= 0.3 is 5.97 Å². The van der Waals surface area contributed by atoms with Crippen LogP contribution >= 0.6 is 0 Å². The minimum absolute atomic E-state index is 0.0663. The third kappa shape index (κ3) is 2.30. The Morgan fingerprint density at radius 2 is 1.50 bits per heavy atom. The van der Waals surface area contributed by atoms with Crippen LogP contribution in [0.2, 0.25) is 0 Å². The summed E-state index contributed by atoms with van der Waals surface area (Å²) in [6.07, 6.45) is 5.31. The van der Waals surface area contributed by atoms with E-state index in [9.17, 15) is 18.8 Å². The van der Waals surface area contributed by atoms with E-state index in [1.165, 1.54) is 35.2 Å². The van der Waals surface area contributed by atoms with Gasteiger partial charge in [-0.2, -0.15) is 0 Å². The van der Waals surface area contributed by atoms with Crippen molar-refractivity contribution in [3.63, 3.8) is 0 Å². The van der Waals surface area contributed by atoms with E-state index in [1.54, 1.807) is 18.2 Å². The number of rotatable bonds is 3. The van der Waals surface area contributed by atoms with E-state index in [1.807, 2.05) is 0 Å². The highest BCUT2D eigenvalue weighted by molar-refractivity contribution is 6.23. The minimum atomic E-state index is -0.875. The summed E-state index contributed by atoms with van der Waals surface area (Å²) in [5.74, 6) is -1.41. The zero-order valence-electron chi connectivity index (χ0n) is 15.9. The van der Waals surface area contributed by atoms with Gasteiger partial charge < -0.3 is 4.74 Å². The molecule has 6 heteroatoms. The molecule has 3 fully saturated rings. The third-order valence-electron chi connectivity index (χ3n) is 7.07. The fourth-order valence-corrected chi connectivity index (χ4v) is 5.70. The number of imide groups is 1. The van der Waals surface area contributed by atoms with Gasteiger partial charge in [-0.15, -0.1) is 0 Å². The highest BCUT2D eigenvalue weighted by atomic mass is 19.1. The lowest BCUT2D eigenvalue weighted by Crippen LogP contribution is -2.40. The van der Waals surface area contributed by atoms with E-state index < -0.39 is 11.8 Å². The van der Waals surface area contributed by atoms with Crippen LogP contribution in [0.5, 0.6) is 5.75 Å². The third-order valence-corrected chi connectivity index (χ3v) is 7.07. The Balaban J connectivity index is 1.35. The van der Waals surface area contributed by atoms with E-state index in [0.717, 1.165) is 6.42 Å². The number of amides is 2. The first kappa shape index (κ1) is 17.6. The number of para-hydroxylation sites is 2. The Labute approximate surface area is 172 Å². The van der Waals surface area contributed by atoms with Crippen molar-refractivity contribution in [2.45, 2.75) is 6.42 Å². The van der Waals surface area contributed by atoms with Crippen molar-refractivity contribution in [2.75, 3.05) is 4.90 Å². The quantitative estimate of drug-likeness (QED) is 0.340. The number of hydrogen-bond acceptors (Lipinski definition) is 4. The second kappa shape index (κ2) is 6.11. The van der Waals surface area contributed by atoms with Crippen molar-refractivity contribution in [1.29, 1.82) is 0 Å². The summed E-state index contributed by atoms with van der Waals surface area (Å²) in [5, 5.41) is 0. The minimum Gasteiger partial charge on any atom is -0.421 e. The van der Waals surface area contributed by atoms with Crippen molar-refractivity contribution in [3.05, 3.63) is 72.1 Å². The molecule has 30 heavy (non-hydrogen) atoms. The average molecular weight is 403 g/mol. The lowest BCUT2D eigenvalue weighted by Gasteiger charge is -2.37. The average Bonchev–Trinajstić information content (AvgIpc) is 3.53. The first-order valence-corrected chi connectivity index (χ1v) is 10.2. The number of halogens is 1. The first-order chi connectivity index (χ1) is 14.6. The molecule has 0 aromatic heterocycles. The maximum absolute atomic E-state index is 14.0. The van der Waals surface area contributed by atoms with Gasteiger partial charge in [0.1, 0.15) is 5.82 Å². The van der Waals surface area contributed by atoms with E-state index in [2.05, 4.69) is 12.2 Å². The Kier molecular flexibility index (Phi) is 3.58. The molecule has 0 unspecified atom stereocenters. The van der Waals surface area contributed by atoms with E-state index in [4.69, 9.17) is 4.74 Å². The Bertz CT molecular complexity index is 1110. The summed E-state index contributed by atoms with van der Waals surface area (Å²) >= 11 is 0. The molecule has 0 N–H and O–H groups in total. The SMILES string of the molecule is O=C(Oc1ccccc1N1C(=O)[C@H]2[C@@H]3C=C[C@@H]([C@H]4C[C@H]34)[C@@H]2C1=O)c1ccccc1F. The second-order valence-electron chi connectivity index (χ2n) is 8.50. The maximum atomic E-state index is 14.0. The standard InChI is InChI=1S/C24H18FNO4/c25-17-6-2-1-5-14(17)24(29)30-19-8-4-3-7-18(19)26-22(27)20-12-9-10-13(16-11-15(12)16)21(20)23(26)28/h1-10,12-13,15-16,20-21H,11H2/t12-,13+,15-,16-,20+,21+/m1/s1. The molecule has 2 aromatic rings. The number of carbonyl (C=O) groups is 3. The van der Waals surface area contributed by atoms with E-state index in [-0.39, 0.29) is 52.5 Å². The molecule has 4 aliphatic carbocycles. The zero-order chi connectivity index (χ0) is 20.6. The number of ether oxygens (including phenoxy) is 1. The lowest BCUT2D eigenvalue weighted by atomic mass is 9.63. The van der Waals surface area contributed by atoms with Gasteiger partial charge in [-0.3, -0.25) is 9.59 Å². The van der Waals surface area contributed by atoms with Gasteiger partial charge in [0.15, 0.2) is 5.75 Å². The van der Waals surface area contributed by atoms with Crippen LogP contribution in [-0.4, -0.2) is 17.8 Å². The van der Waals surface area contributed by atoms with Crippen LogP contribution in [0.3, 0.4) is 0 Å². The topological polar surface area (TPSA) is 63.7 Å². The molecular formula is C24H18FNO4. The fourth-order valence-electron chi connectivity index (χ4n) is 5.70. The van der Waals surface area contributed by atoms with Gasteiger partial charge in [0.05, 0.1) is 23.1 Å². The molecule has 0 radical (unpaired) electrons. The predicted octanol–water partition coefficient (Wildman–Crippen LogP) is 3.60. The van der Waals surface area contributed by atoms with Gasteiger partial charge in [0.25, 0.3) is 0 Å². The predicted molar refractivity (Wildman–Crippen MR) is 105 cm³/mol. The number of carbonyl (C=O) groups excluding carboxylic acids is 3. The number of nitrogens with zero attached hydrogens (tertiary/aromatic N) is 1. The number of allylic oxidation sites excluding steroid dienone is 2. The molecule has 0 spiro atoms. The summed E-state index contributed by atoms with van der Waals surface area (Å²) in [6.45, 7) is 0. The Hall–Kier alpha value is -3.28. The molecule has 1 heterocycles. The van der Waals surface area contributed by atoms with Gasteiger partial charge in [0.2, 0.25) is 11.8 Å².